The van der Waals surface area contributed by atoms with Crippen LogP contribution in [0.4, 0.5) is 23.7 Å². The van der Waals surface area contributed by atoms with Gasteiger partial charge in [-0.15, -0.1) is 18.3 Å². The Morgan fingerprint density at radius 2 is 1.76 bits per heavy atom. The van der Waals surface area contributed by atoms with Gasteiger partial charge in [-0.2, -0.15) is 0 Å². The maximum absolute atomic E-state index is 12.3. The van der Waals surface area contributed by atoms with Gasteiger partial charge in [0.05, 0.1) is 5.69 Å². The number of carbonyl (C=O) groups excluding carboxylic acids is 1. The van der Waals surface area contributed by atoms with Crippen molar-refractivity contribution in [2.75, 3.05) is 11.9 Å². The number of rotatable bonds is 9. The molecule has 1 aromatic heterocycles. The number of nitrogens with one attached hydrogen (secondary N) is 2. The number of aryl methyl sites for hydroxylation is 2. The van der Waals surface area contributed by atoms with E-state index in [4.69, 9.17) is 0 Å². The summed E-state index contributed by atoms with van der Waals surface area (Å²) in [6.45, 7) is 2.56. The molecule has 0 saturated heterocycles. The summed E-state index contributed by atoms with van der Waals surface area (Å²) < 4.78 is 42.4. The topological polar surface area (TPSA) is 81.1 Å². The van der Waals surface area contributed by atoms with Crippen LogP contribution in [0.2, 0.25) is 0 Å². The van der Waals surface area contributed by atoms with E-state index in [0.29, 0.717) is 18.1 Å². The molecule has 4 aromatic rings. The molecular weight excluding hydrogens is 483 g/mol. The first-order chi connectivity index (χ1) is 17.7. The molecule has 1 heterocycles. The number of anilines is 1. The molecule has 0 radical (unpaired) electrons. The van der Waals surface area contributed by atoms with Gasteiger partial charge in [-0.3, -0.25) is 0 Å². The SMILES string of the molecule is Cc1cccc(NC(=O)NCCCCc2ccc(-c3ncn(-c4ccc(OC(F)(F)F)cc4)n3)cc2)c1. The van der Waals surface area contributed by atoms with Crippen LogP contribution >= 0.6 is 0 Å². The summed E-state index contributed by atoms with van der Waals surface area (Å²) in [4.78, 5) is 16.3. The molecule has 0 aliphatic rings. The summed E-state index contributed by atoms with van der Waals surface area (Å²) >= 11 is 0. The van der Waals surface area contributed by atoms with E-state index < -0.39 is 6.36 Å². The average Bonchev–Trinajstić information content (AvgIpc) is 3.34. The number of amides is 2. The van der Waals surface area contributed by atoms with E-state index in [0.717, 1.165) is 41.6 Å². The molecule has 0 aliphatic carbocycles. The van der Waals surface area contributed by atoms with Crippen molar-refractivity contribution in [3.05, 3.63) is 90.3 Å². The van der Waals surface area contributed by atoms with Crippen LogP contribution in [0, 0.1) is 6.92 Å². The van der Waals surface area contributed by atoms with E-state index in [1.54, 1.807) is 0 Å². The number of unbranched alkanes of at least 4 members (excludes halogenated alkanes) is 1. The normalized spacial score (nSPS) is 11.2. The molecule has 4 rings (SSSR count). The summed E-state index contributed by atoms with van der Waals surface area (Å²) in [5.74, 6) is 0.208. The molecular formula is C27H26F3N5O2. The number of urea groups is 1. The largest absolute Gasteiger partial charge is 0.573 e. The molecule has 10 heteroatoms. The van der Waals surface area contributed by atoms with Crippen molar-refractivity contribution < 1.29 is 22.7 Å². The molecule has 0 bridgehead atoms. The van der Waals surface area contributed by atoms with Gasteiger partial charge in [0.2, 0.25) is 0 Å². The van der Waals surface area contributed by atoms with Crippen molar-refractivity contribution >= 4 is 11.7 Å². The van der Waals surface area contributed by atoms with Crippen LogP contribution in [0.1, 0.15) is 24.0 Å². The highest BCUT2D eigenvalue weighted by atomic mass is 19.4. The van der Waals surface area contributed by atoms with Gasteiger partial charge < -0.3 is 15.4 Å². The third-order valence-electron chi connectivity index (χ3n) is 5.49. The Morgan fingerprint density at radius 1 is 1.00 bits per heavy atom. The summed E-state index contributed by atoms with van der Waals surface area (Å²) in [5, 5.41) is 10.1. The summed E-state index contributed by atoms with van der Waals surface area (Å²) in [6.07, 6.45) is -0.587. The van der Waals surface area contributed by atoms with E-state index >= 15 is 0 Å². The smallest absolute Gasteiger partial charge is 0.406 e. The number of halogens is 3. The number of hydrogen-bond donors (Lipinski definition) is 2. The average molecular weight is 510 g/mol. The highest BCUT2D eigenvalue weighted by molar-refractivity contribution is 5.89. The Hall–Kier alpha value is -4.34. The maximum atomic E-state index is 12.3. The molecule has 7 nitrogen and oxygen atoms in total. The molecule has 0 unspecified atom stereocenters. The minimum atomic E-state index is -4.73. The van der Waals surface area contributed by atoms with E-state index in [-0.39, 0.29) is 11.8 Å². The number of alkyl halides is 3. The van der Waals surface area contributed by atoms with Gasteiger partial charge in [-0.25, -0.2) is 14.5 Å². The summed E-state index contributed by atoms with van der Waals surface area (Å²) in [5.41, 5.74) is 4.40. The Morgan fingerprint density at radius 3 is 2.46 bits per heavy atom. The first-order valence-corrected chi connectivity index (χ1v) is 11.7. The van der Waals surface area contributed by atoms with Crippen LogP contribution in [-0.4, -0.2) is 33.7 Å². The standard InChI is InChI=1S/C27H26F3N5O2/c1-19-5-4-7-22(17-19)33-26(36)31-16-3-2-6-20-8-10-21(11-9-20)25-32-18-35(34-25)23-12-14-24(15-13-23)37-27(28,29)30/h4-5,7-15,17-18H,2-3,6,16H2,1H3,(H2,31,33,36). The van der Waals surface area contributed by atoms with Crippen LogP contribution in [0.25, 0.3) is 17.1 Å². The molecule has 2 N–H and O–H groups in total. The number of nitrogens with zero attached hydrogens (tertiary/aromatic N) is 3. The molecule has 0 aliphatic heterocycles. The van der Waals surface area contributed by atoms with Gasteiger partial charge in [0, 0.05) is 17.8 Å². The predicted molar refractivity (Wildman–Crippen MR) is 135 cm³/mol. The summed E-state index contributed by atoms with van der Waals surface area (Å²) in [6, 6.07) is 20.7. The van der Waals surface area contributed by atoms with Crippen molar-refractivity contribution in [3.63, 3.8) is 0 Å². The van der Waals surface area contributed by atoms with E-state index in [2.05, 4.69) is 25.5 Å². The van der Waals surface area contributed by atoms with Crippen molar-refractivity contribution in [2.45, 2.75) is 32.5 Å². The second kappa shape index (κ2) is 11.6. The van der Waals surface area contributed by atoms with Gasteiger partial charge in [0.1, 0.15) is 12.1 Å². The molecule has 0 atom stereocenters. The quantitative estimate of drug-likeness (QED) is 0.260. The van der Waals surface area contributed by atoms with Crippen LogP contribution in [0.5, 0.6) is 5.75 Å². The lowest BCUT2D eigenvalue weighted by Gasteiger charge is -2.09. The number of ether oxygens (including phenoxy) is 1. The lowest BCUT2D eigenvalue weighted by molar-refractivity contribution is -0.274. The second-order valence-electron chi connectivity index (χ2n) is 8.46. The minimum Gasteiger partial charge on any atom is -0.406 e. The molecule has 2 amide bonds. The molecule has 0 saturated carbocycles. The lowest BCUT2D eigenvalue weighted by Crippen LogP contribution is -2.29. The van der Waals surface area contributed by atoms with Crippen molar-refractivity contribution in [3.8, 4) is 22.8 Å². The minimum absolute atomic E-state index is 0.215. The third kappa shape index (κ3) is 7.83. The van der Waals surface area contributed by atoms with Gasteiger partial charge in [-0.1, -0.05) is 36.4 Å². The van der Waals surface area contributed by atoms with Crippen molar-refractivity contribution in [1.29, 1.82) is 0 Å². The molecule has 0 spiro atoms. The first-order valence-electron chi connectivity index (χ1n) is 11.7. The first kappa shape index (κ1) is 25.7. The van der Waals surface area contributed by atoms with Gasteiger partial charge >= 0.3 is 12.4 Å². The molecule has 192 valence electrons. The lowest BCUT2D eigenvalue weighted by atomic mass is 10.1. The summed E-state index contributed by atoms with van der Waals surface area (Å²) in [7, 11) is 0. The Balaban J connectivity index is 1.22. The van der Waals surface area contributed by atoms with E-state index in [9.17, 15) is 18.0 Å². The number of aromatic nitrogens is 3. The zero-order chi connectivity index (χ0) is 26.3. The Labute approximate surface area is 212 Å². The van der Waals surface area contributed by atoms with Crippen molar-refractivity contribution in [2.24, 2.45) is 0 Å². The Kier molecular flexibility index (Phi) is 8.07. The van der Waals surface area contributed by atoms with Crippen LogP contribution < -0.4 is 15.4 Å². The molecule has 3 aromatic carbocycles. The Bertz CT molecular complexity index is 1320. The second-order valence-corrected chi connectivity index (χ2v) is 8.46. The van der Waals surface area contributed by atoms with E-state index in [1.165, 1.54) is 35.3 Å². The van der Waals surface area contributed by atoms with Crippen LogP contribution in [0.3, 0.4) is 0 Å². The monoisotopic (exact) mass is 509 g/mol. The van der Waals surface area contributed by atoms with Gasteiger partial charge in [-0.05, 0) is 73.7 Å². The molecule has 37 heavy (non-hydrogen) atoms. The third-order valence-corrected chi connectivity index (χ3v) is 5.49. The highest BCUT2D eigenvalue weighted by Crippen LogP contribution is 2.24. The highest BCUT2D eigenvalue weighted by Gasteiger charge is 2.31. The predicted octanol–water partition coefficient (Wildman–Crippen LogP) is 6.29. The van der Waals surface area contributed by atoms with Gasteiger partial charge in [0.25, 0.3) is 0 Å². The van der Waals surface area contributed by atoms with E-state index in [1.807, 2.05) is 55.5 Å². The maximum Gasteiger partial charge on any atom is 0.573 e. The number of benzene rings is 3. The van der Waals surface area contributed by atoms with Crippen LogP contribution in [-0.2, 0) is 6.42 Å². The number of carbonyl (C=O) groups is 1. The fourth-order valence-electron chi connectivity index (χ4n) is 3.69. The van der Waals surface area contributed by atoms with Crippen molar-refractivity contribution in [1.82, 2.24) is 20.1 Å². The molecule has 0 fully saturated rings. The van der Waals surface area contributed by atoms with Gasteiger partial charge in [0.15, 0.2) is 5.82 Å². The number of hydrogen-bond acceptors (Lipinski definition) is 4. The fraction of sp³-hybridized carbons (Fsp3) is 0.222. The van der Waals surface area contributed by atoms with Crippen LogP contribution in [0.15, 0.2) is 79.1 Å². The zero-order valence-corrected chi connectivity index (χ0v) is 20.1. The fourth-order valence-corrected chi connectivity index (χ4v) is 3.69. The zero-order valence-electron chi connectivity index (χ0n) is 20.1.